The molecule has 2 heterocycles. The first-order chi connectivity index (χ1) is 16.6. The molecule has 2 saturated carbocycles. The molecule has 188 valence electrons. The minimum atomic E-state index is 0. The minimum absolute atomic E-state index is 0. The molecule has 2 aliphatic carbocycles. The van der Waals surface area contributed by atoms with Crippen LogP contribution in [0.3, 0.4) is 0 Å². The smallest absolute Gasteiger partial charge is 0.229 e. The van der Waals surface area contributed by atoms with Crippen LogP contribution in [-0.2, 0) is 17.8 Å². The maximum Gasteiger partial charge on any atom is 0.229 e. The van der Waals surface area contributed by atoms with Crippen LogP contribution < -0.4 is 16.0 Å². The maximum absolute atomic E-state index is 12.0. The zero-order valence-corrected chi connectivity index (χ0v) is 20.6. The van der Waals surface area contributed by atoms with Crippen LogP contribution in [0.2, 0.25) is 0 Å². The molecule has 1 aliphatic heterocycles. The summed E-state index contributed by atoms with van der Waals surface area (Å²) in [6, 6.07) is 7.21. The third-order valence-corrected chi connectivity index (χ3v) is 7.49. The Balaban J connectivity index is 0.00000160. The van der Waals surface area contributed by atoms with Crippen molar-refractivity contribution in [3.05, 3.63) is 41.1 Å². The zero-order chi connectivity index (χ0) is 23.5. The van der Waals surface area contributed by atoms with Gasteiger partial charge < -0.3 is 16.0 Å². The van der Waals surface area contributed by atoms with E-state index in [-0.39, 0.29) is 16.1 Å². The third-order valence-electron chi connectivity index (χ3n) is 7.49. The molecular formula is C27H44N6O. The molecule has 0 unspecified atom stereocenters. The average Bonchev–Trinajstić information content (AvgIpc) is 3.63. The van der Waals surface area contributed by atoms with Crippen LogP contribution >= 0.6 is 0 Å². The molecule has 2 fully saturated rings. The topological polar surface area (TPSA) is 82.2 Å². The van der Waals surface area contributed by atoms with Crippen LogP contribution in [0.15, 0.2) is 24.4 Å². The van der Waals surface area contributed by atoms with Crippen LogP contribution in [0.25, 0.3) is 0 Å². The summed E-state index contributed by atoms with van der Waals surface area (Å²) in [6.07, 6.45) is 9.64. The summed E-state index contributed by atoms with van der Waals surface area (Å²) in [7, 11) is 0. The van der Waals surface area contributed by atoms with E-state index < -0.39 is 0 Å². The standard InChI is InChI=1S/C27H38N6O.3H2/c1-18(2)33-14-11-21-15-23(10-9-22(21)17-33)31-27-30-16-24(19-7-8-19)25(32-27)28-12-4-13-29-26(34)20-5-3-6-20;;;/h9-10,15-16,18-20H,3-8,11-14,17H2,1-2H3,(H,29,34)(H2,28,30,31,32);3*1H. The van der Waals surface area contributed by atoms with E-state index in [4.69, 9.17) is 4.98 Å². The molecule has 3 aliphatic rings. The molecule has 0 bridgehead atoms. The van der Waals surface area contributed by atoms with E-state index in [0.717, 1.165) is 56.8 Å². The van der Waals surface area contributed by atoms with Crippen molar-refractivity contribution in [2.24, 2.45) is 5.92 Å². The Morgan fingerprint density at radius 3 is 2.76 bits per heavy atom. The van der Waals surface area contributed by atoms with Crippen LogP contribution in [0.5, 0.6) is 0 Å². The molecule has 0 radical (unpaired) electrons. The van der Waals surface area contributed by atoms with Gasteiger partial charge in [0.1, 0.15) is 5.82 Å². The van der Waals surface area contributed by atoms with Crippen molar-refractivity contribution in [2.75, 3.05) is 30.3 Å². The molecule has 1 aromatic heterocycles. The van der Waals surface area contributed by atoms with E-state index in [0.29, 0.717) is 24.5 Å². The molecule has 34 heavy (non-hydrogen) atoms. The molecule has 5 rings (SSSR count). The SMILES string of the molecule is CC(C)N1CCc2cc(Nc3ncc(C4CC4)c(NCCCNC(=O)C4CCC4)n3)ccc2C1.[HH].[HH].[HH]. The first kappa shape index (κ1) is 23.1. The fourth-order valence-electron chi connectivity index (χ4n) is 4.83. The van der Waals surface area contributed by atoms with Crippen molar-refractivity contribution in [3.63, 3.8) is 0 Å². The highest BCUT2D eigenvalue weighted by atomic mass is 16.1. The highest BCUT2D eigenvalue weighted by Crippen LogP contribution is 2.42. The Morgan fingerprint density at radius 2 is 2.03 bits per heavy atom. The van der Waals surface area contributed by atoms with Crippen molar-refractivity contribution < 1.29 is 9.07 Å². The second kappa shape index (κ2) is 10.3. The molecule has 0 spiro atoms. The van der Waals surface area contributed by atoms with Gasteiger partial charge in [0.15, 0.2) is 0 Å². The average molecular weight is 469 g/mol. The fraction of sp³-hybridized carbons (Fsp3) is 0.593. The Labute approximate surface area is 207 Å². The monoisotopic (exact) mass is 468 g/mol. The summed E-state index contributed by atoms with van der Waals surface area (Å²) in [5, 5.41) is 10.0. The van der Waals surface area contributed by atoms with E-state index in [1.54, 1.807) is 0 Å². The molecule has 1 aromatic carbocycles. The number of anilines is 3. The van der Waals surface area contributed by atoms with Crippen LogP contribution in [0.1, 0.15) is 79.3 Å². The number of hydrogen-bond acceptors (Lipinski definition) is 6. The summed E-state index contributed by atoms with van der Waals surface area (Å²) in [4.78, 5) is 24.0. The highest BCUT2D eigenvalue weighted by Gasteiger charge is 2.28. The summed E-state index contributed by atoms with van der Waals surface area (Å²) in [5.41, 5.74) is 5.09. The molecule has 7 heteroatoms. The van der Waals surface area contributed by atoms with Crippen molar-refractivity contribution in [1.82, 2.24) is 20.2 Å². The number of benzene rings is 1. The van der Waals surface area contributed by atoms with Gasteiger partial charge in [0.2, 0.25) is 11.9 Å². The molecular weight excluding hydrogens is 424 g/mol. The van der Waals surface area contributed by atoms with Crippen LogP contribution in [-0.4, -0.2) is 46.5 Å². The van der Waals surface area contributed by atoms with E-state index in [1.807, 2.05) is 6.20 Å². The number of nitrogens with zero attached hydrogens (tertiary/aromatic N) is 3. The summed E-state index contributed by atoms with van der Waals surface area (Å²) in [5.74, 6) is 2.60. The molecule has 0 atom stereocenters. The predicted molar refractivity (Wildman–Crippen MR) is 143 cm³/mol. The van der Waals surface area contributed by atoms with Gasteiger partial charge in [-0.15, -0.1) is 0 Å². The fourth-order valence-corrected chi connectivity index (χ4v) is 4.83. The van der Waals surface area contributed by atoms with Gasteiger partial charge in [-0.2, -0.15) is 4.98 Å². The Morgan fingerprint density at radius 1 is 1.18 bits per heavy atom. The normalized spacial score (nSPS) is 18.3. The minimum Gasteiger partial charge on any atom is -0.370 e. The molecule has 1 amide bonds. The Kier molecular flexibility index (Phi) is 6.99. The lowest BCUT2D eigenvalue weighted by molar-refractivity contribution is -0.127. The lowest BCUT2D eigenvalue weighted by Gasteiger charge is -2.32. The van der Waals surface area contributed by atoms with E-state index in [9.17, 15) is 4.79 Å². The van der Waals surface area contributed by atoms with Crippen molar-refractivity contribution in [3.8, 4) is 0 Å². The van der Waals surface area contributed by atoms with Gasteiger partial charge in [0.05, 0.1) is 0 Å². The largest absolute Gasteiger partial charge is 0.370 e. The third kappa shape index (κ3) is 5.52. The summed E-state index contributed by atoms with van der Waals surface area (Å²) >= 11 is 0. The molecule has 0 saturated heterocycles. The molecule has 3 N–H and O–H groups in total. The molecule has 2 aromatic rings. The van der Waals surface area contributed by atoms with Gasteiger partial charge in [-0.05, 0) is 81.5 Å². The van der Waals surface area contributed by atoms with Crippen LogP contribution in [0.4, 0.5) is 17.5 Å². The van der Waals surface area contributed by atoms with Gasteiger partial charge in [0, 0.05) is 59.9 Å². The van der Waals surface area contributed by atoms with Gasteiger partial charge in [-0.1, -0.05) is 12.5 Å². The van der Waals surface area contributed by atoms with Crippen molar-refractivity contribution in [2.45, 2.75) is 77.3 Å². The van der Waals surface area contributed by atoms with Gasteiger partial charge in [0.25, 0.3) is 0 Å². The van der Waals surface area contributed by atoms with E-state index >= 15 is 0 Å². The van der Waals surface area contributed by atoms with Crippen LogP contribution in [0, 0.1) is 5.92 Å². The summed E-state index contributed by atoms with van der Waals surface area (Å²) in [6.45, 7) is 8.15. The molecule has 7 nitrogen and oxygen atoms in total. The first-order valence-corrected chi connectivity index (χ1v) is 13.1. The van der Waals surface area contributed by atoms with Gasteiger partial charge in [-0.25, -0.2) is 4.98 Å². The number of carbonyl (C=O) groups is 1. The van der Waals surface area contributed by atoms with E-state index in [2.05, 4.69) is 57.9 Å². The van der Waals surface area contributed by atoms with Gasteiger partial charge >= 0.3 is 0 Å². The lowest BCUT2D eigenvalue weighted by Crippen LogP contribution is -2.35. The maximum atomic E-state index is 12.0. The zero-order valence-electron chi connectivity index (χ0n) is 20.6. The van der Waals surface area contributed by atoms with E-state index in [1.165, 1.54) is 36.0 Å². The highest BCUT2D eigenvalue weighted by molar-refractivity contribution is 5.79. The van der Waals surface area contributed by atoms with Crippen molar-refractivity contribution >= 4 is 23.4 Å². The number of carbonyl (C=O) groups excluding carboxylic acids is 1. The Hall–Kier alpha value is -2.67. The number of hydrogen-bond donors (Lipinski definition) is 3. The number of rotatable bonds is 10. The number of aromatic nitrogens is 2. The second-order valence-corrected chi connectivity index (χ2v) is 10.4. The number of amides is 1. The quantitative estimate of drug-likeness (QED) is 0.409. The lowest BCUT2D eigenvalue weighted by atomic mass is 9.85. The number of fused-ring (bicyclic) bond motifs is 1. The Bertz CT molecular complexity index is 1030. The van der Waals surface area contributed by atoms with Gasteiger partial charge in [-0.3, -0.25) is 9.69 Å². The second-order valence-electron chi connectivity index (χ2n) is 10.4. The number of nitrogens with one attached hydrogen (secondary N) is 3. The van der Waals surface area contributed by atoms with Crippen molar-refractivity contribution in [1.29, 1.82) is 0 Å². The predicted octanol–water partition coefficient (Wildman–Crippen LogP) is 5.32. The summed E-state index contributed by atoms with van der Waals surface area (Å²) < 4.78 is 0. The first-order valence-electron chi connectivity index (χ1n) is 13.1.